The second kappa shape index (κ2) is 7.00. The first kappa shape index (κ1) is 15.2. The third-order valence-corrected chi connectivity index (χ3v) is 3.75. The fraction of sp³-hybridized carbons (Fsp3) is 0.188. The molecule has 2 rings (SSSR count). The van der Waals surface area contributed by atoms with Gasteiger partial charge in [0.25, 0.3) is 0 Å². The van der Waals surface area contributed by atoms with Crippen LogP contribution in [-0.2, 0) is 6.54 Å². The van der Waals surface area contributed by atoms with Crippen LogP contribution in [0.5, 0.6) is 11.5 Å². The summed E-state index contributed by atoms with van der Waals surface area (Å²) in [5, 5.41) is 12.5. The van der Waals surface area contributed by atoms with Gasteiger partial charge in [0.15, 0.2) is 0 Å². The van der Waals surface area contributed by atoms with Crippen LogP contribution in [0.15, 0.2) is 40.9 Å². The first-order valence-electron chi connectivity index (χ1n) is 6.33. The number of nitrogens with one attached hydrogen (secondary N) is 1. The lowest BCUT2D eigenvalue weighted by molar-refractivity contribution is 0.391. The van der Waals surface area contributed by atoms with E-state index < -0.39 is 0 Å². The molecule has 0 heterocycles. The number of hydrogen-bond acceptors (Lipinski definition) is 4. The fourth-order valence-corrected chi connectivity index (χ4v) is 2.43. The Bertz CT molecular complexity index is 680. The number of hydrogen-bond donors (Lipinski definition) is 1. The van der Waals surface area contributed by atoms with Crippen molar-refractivity contribution in [3.05, 3.63) is 52.0 Å². The topological polar surface area (TPSA) is 54.3 Å². The van der Waals surface area contributed by atoms with Gasteiger partial charge in [-0.1, -0.05) is 6.07 Å². The SMILES string of the molecule is COc1ccc(CNc2cccc(Br)c2C#N)c(OC)c1. The van der Waals surface area contributed by atoms with Crippen LogP contribution in [0.4, 0.5) is 5.69 Å². The number of benzene rings is 2. The van der Waals surface area contributed by atoms with Crippen molar-refractivity contribution in [3.8, 4) is 17.6 Å². The van der Waals surface area contributed by atoms with E-state index >= 15 is 0 Å². The second-order valence-corrected chi connectivity index (χ2v) is 5.16. The predicted molar refractivity (Wildman–Crippen MR) is 85.7 cm³/mol. The highest BCUT2D eigenvalue weighted by Gasteiger charge is 2.08. The molecule has 108 valence electrons. The first-order chi connectivity index (χ1) is 10.2. The van der Waals surface area contributed by atoms with Gasteiger partial charge in [-0.15, -0.1) is 0 Å². The van der Waals surface area contributed by atoms with Gasteiger partial charge in [0, 0.05) is 22.6 Å². The molecule has 2 aromatic carbocycles. The first-order valence-corrected chi connectivity index (χ1v) is 7.12. The smallest absolute Gasteiger partial charge is 0.127 e. The lowest BCUT2D eigenvalue weighted by atomic mass is 10.1. The Balaban J connectivity index is 2.21. The Hall–Kier alpha value is -2.19. The van der Waals surface area contributed by atoms with E-state index in [1.54, 1.807) is 14.2 Å². The van der Waals surface area contributed by atoms with E-state index in [2.05, 4.69) is 27.3 Å². The molecular formula is C16H15BrN2O2. The Morgan fingerprint density at radius 2 is 2.00 bits per heavy atom. The summed E-state index contributed by atoms with van der Waals surface area (Å²) < 4.78 is 11.3. The summed E-state index contributed by atoms with van der Waals surface area (Å²) >= 11 is 3.38. The molecule has 2 aromatic rings. The normalized spacial score (nSPS) is 9.81. The zero-order valence-corrected chi connectivity index (χ0v) is 13.4. The maximum absolute atomic E-state index is 9.20. The van der Waals surface area contributed by atoms with Gasteiger partial charge in [-0.3, -0.25) is 0 Å². The van der Waals surface area contributed by atoms with Crippen LogP contribution in [0.1, 0.15) is 11.1 Å². The van der Waals surface area contributed by atoms with Gasteiger partial charge in [0.05, 0.1) is 25.5 Å². The number of nitriles is 1. The Morgan fingerprint density at radius 3 is 2.67 bits per heavy atom. The lowest BCUT2D eigenvalue weighted by Crippen LogP contribution is -2.03. The van der Waals surface area contributed by atoms with Gasteiger partial charge in [0.1, 0.15) is 17.6 Å². The van der Waals surface area contributed by atoms with E-state index in [0.717, 1.165) is 27.2 Å². The molecule has 0 aliphatic carbocycles. The molecule has 0 atom stereocenters. The van der Waals surface area contributed by atoms with Crippen molar-refractivity contribution >= 4 is 21.6 Å². The average Bonchev–Trinajstić information content (AvgIpc) is 2.52. The third-order valence-electron chi connectivity index (χ3n) is 3.09. The molecule has 0 amide bonds. The zero-order valence-electron chi connectivity index (χ0n) is 11.8. The molecule has 0 aliphatic rings. The Kier molecular flexibility index (Phi) is 5.07. The standard InChI is InChI=1S/C16H15BrN2O2/c1-20-12-7-6-11(16(8-12)21-2)10-19-15-5-3-4-14(17)13(15)9-18/h3-8,19H,10H2,1-2H3. The second-order valence-electron chi connectivity index (χ2n) is 4.31. The highest BCUT2D eigenvalue weighted by molar-refractivity contribution is 9.10. The van der Waals surface area contributed by atoms with Crippen molar-refractivity contribution in [1.29, 1.82) is 5.26 Å². The quantitative estimate of drug-likeness (QED) is 0.890. The monoisotopic (exact) mass is 346 g/mol. The summed E-state index contributed by atoms with van der Waals surface area (Å²) in [6.45, 7) is 0.554. The molecule has 0 fully saturated rings. The van der Waals surface area contributed by atoms with Crippen LogP contribution >= 0.6 is 15.9 Å². The summed E-state index contributed by atoms with van der Waals surface area (Å²) in [5.74, 6) is 1.49. The maximum Gasteiger partial charge on any atom is 0.127 e. The minimum atomic E-state index is 0.554. The van der Waals surface area contributed by atoms with E-state index in [-0.39, 0.29) is 0 Å². The van der Waals surface area contributed by atoms with E-state index in [9.17, 15) is 5.26 Å². The third kappa shape index (κ3) is 3.47. The number of ether oxygens (including phenoxy) is 2. The van der Waals surface area contributed by atoms with Gasteiger partial charge in [0.2, 0.25) is 0 Å². The van der Waals surface area contributed by atoms with Crippen molar-refractivity contribution in [3.63, 3.8) is 0 Å². The summed E-state index contributed by atoms with van der Waals surface area (Å²) in [4.78, 5) is 0. The molecule has 1 N–H and O–H groups in total. The van der Waals surface area contributed by atoms with E-state index in [0.29, 0.717) is 12.1 Å². The molecule has 0 saturated heterocycles. The van der Waals surface area contributed by atoms with Gasteiger partial charge >= 0.3 is 0 Å². The molecular weight excluding hydrogens is 332 g/mol. The minimum Gasteiger partial charge on any atom is -0.497 e. The van der Waals surface area contributed by atoms with Crippen LogP contribution in [-0.4, -0.2) is 14.2 Å². The van der Waals surface area contributed by atoms with Gasteiger partial charge in [-0.2, -0.15) is 5.26 Å². The van der Waals surface area contributed by atoms with Gasteiger partial charge in [-0.25, -0.2) is 0 Å². The molecule has 0 aliphatic heterocycles. The zero-order chi connectivity index (χ0) is 15.2. The number of anilines is 1. The molecule has 5 heteroatoms. The summed E-state index contributed by atoms with van der Waals surface area (Å²) in [6.07, 6.45) is 0. The summed E-state index contributed by atoms with van der Waals surface area (Å²) in [5.41, 5.74) is 2.36. The van der Waals surface area contributed by atoms with E-state index in [1.165, 1.54) is 0 Å². The molecule has 0 unspecified atom stereocenters. The van der Waals surface area contributed by atoms with Crippen molar-refractivity contribution in [2.45, 2.75) is 6.54 Å². The molecule has 0 spiro atoms. The molecule has 4 nitrogen and oxygen atoms in total. The van der Waals surface area contributed by atoms with Crippen molar-refractivity contribution in [1.82, 2.24) is 0 Å². The van der Waals surface area contributed by atoms with E-state index in [1.807, 2.05) is 36.4 Å². The average molecular weight is 347 g/mol. The van der Waals surface area contributed by atoms with Crippen LogP contribution in [0, 0.1) is 11.3 Å². The summed E-state index contributed by atoms with van der Waals surface area (Å²) in [6, 6.07) is 13.4. The van der Waals surface area contributed by atoms with Crippen molar-refractivity contribution < 1.29 is 9.47 Å². The Morgan fingerprint density at radius 1 is 1.19 bits per heavy atom. The number of nitrogens with zero attached hydrogens (tertiary/aromatic N) is 1. The molecule has 0 bridgehead atoms. The van der Waals surface area contributed by atoms with Crippen LogP contribution in [0.2, 0.25) is 0 Å². The highest BCUT2D eigenvalue weighted by Crippen LogP contribution is 2.27. The molecule has 0 saturated carbocycles. The van der Waals surface area contributed by atoms with Crippen LogP contribution < -0.4 is 14.8 Å². The number of halogens is 1. The largest absolute Gasteiger partial charge is 0.497 e. The highest BCUT2D eigenvalue weighted by atomic mass is 79.9. The van der Waals surface area contributed by atoms with Crippen molar-refractivity contribution in [2.75, 3.05) is 19.5 Å². The molecule has 21 heavy (non-hydrogen) atoms. The van der Waals surface area contributed by atoms with Crippen LogP contribution in [0.25, 0.3) is 0 Å². The predicted octanol–water partition coefficient (Wildman–Crippen LogP) is 3.95. The van der Waals surface area contributed by atoms with Crippen molar-refractivity contribution in [2.24, 2.45) is 0 Å². The number of methoxy groups -OCH3 is 2. The maximum atomic E-state index is 9.20. The molecule has 0 radical (unpaired) electrons. The van der Waals surface area contributed by atoms with E-state index in [4.69, 9.17) is 9.47 Å². The van der Waals surface area contributed by atoms with Gasteiger partial charge < -0.3 is 14.8 Å². The number of rotatable bonds is 5. The van der Waals surface area contributed by atoms with Gasteiger partial charge in [-0.05, 0) is 40.2 Å². The minimum absolute atomic E-state index is 0.554. The summed E-state index contributed by atoms with van der Waals surface area (Å²) in [7, 11) is 3.24. The van der Waals surface area contributed by atoms with Crippen LogP contribution in [0.3, 0.4) is 0 Å². The Labute approximate surface area is 132 Å². The molecule has 0 aromatic heterocycles. The fourth-order valence-electron chi connectivity index (χ4n) is 1.97. The lowest BCUT2D eigenvalue weighted by Gasteiger charge is -2.13.